The zero-order chi connectivity index (χ0) is 21.1. The summed E-state index contributed by atoms with van der Waals surface area (Å²) in [5.74, 6) is -1.50. The van der Waals surface area contributed by atoms with Crippen LogP contribution in [0.1, 0.15) is 42.7 Å². The average molecular weight is 454 g/mol. The van der Waals surface area contributed by atoms with Gasteiger partial charge in [0.25, 0.3) is 11.7 Å². The fraction of sp³-hybridized carbons (Fsp3) is 0.333. The Kier molecular flexibility index (Phi) is 6.88. The van der Waals surface area contributed by atoms with Gasteiger partial charge >= 0.3 is 0 Å². The topological polar surface area (TPSA) is 66.8 Å². The van der Waals surface area contributed by atoms with E-state index in [-0.39, 0.29) is 32.7 Å². The maximum atomic E-state index is 12.9. The van der Waals surface area contributed by atoms with Crippen LogP contribution in [0.5, 0.6) is 5.75 Å². The van der Waals surface area contributed by atoms with Crippen molar-refractivity contribution in [1.82, 2.24) is 4.90 Å². The van der Waals surface area contributed by atoms with E-state index in [0.717, 1.165) is 24.1 Å². The molecule has 0 radical (unpaired) electrons. The van der Waals surface area contributed by atoms with E-state index in [1.165, 1.54) is 35.5 Å². The first-order chi connectivity index (χ1) is 13.9. The Hall–Kier alpha value is -2.02. The standard InChI is InChI=1S/C21H21Cl2NO4S/c1-3-4-5-8-24-17(15-7-6-9-29-15)16(19(26)21(24)27)18(25)13-10-12(22)11-14(23)20(13)28-2/h6-7,9-11,17,25H,3-5,8H2,1-2H3/b18-16-. The van der Waals surface area contributed by atoms with Crippen LogP contribution in [0.2, 0.25) is 10.0 Å². The number of ketones is 1. The summed E-state index contributed by atoms with van der Waals surface area (Å²) in [6.07, 6.45) is 2.71. The molecule has 2 aromatic rings. The largest absolute Gasteiger partial charge is 0.507 e. The number of hydrogen-bond donors (Lipinski definition) is 1. The third-order valence-electron chi connectivity index (χ3n) is 4.82. The number of rotatable bonds is 7. The van der Waals surface area contributed by atoms with Crippen molar-refractivity contribution in [3.8, 4) is 5.75 Å². The van der Waals surface area contributed by atoms with E-state index < -0.39 is 17.7 Å². The van der Waals surface area contributed by atoms with E-state index in [4.69, 9.17) is 27.9 Å². The number of benzene rings is 1. The molecule has 154 valence electrons. The van der Waals surface area contributed by atoms with Crippen molar-refractivity contribution in [1.29, 1.82) is 0 Å². The Morgan fingerprint density at radius 3 is 2.66 bits per heavy atom. The highest BCUT2D eigenvalue weighted by atomic mass is 35.5. The minimum atomic E-state index is -0.726. The lowest BCUT2D eigenvalue weighted by molar-refractivity contribution is -0.139. The zero-order valence-corrected chi connectivity index (χ0v) is 18.4. The van der Waals surface area contributed by atoms with Gasteiger partial charge < -0.3 is 14.7 Å². The van der Waals surface area contributed by atoms with Crippen LogP contribution in [0.25, 0.3) is 5.76 Å². The highest BCUT2D eigenvalue weighted by molar-refractivity contribution is 7.10. The fourth-order valence-corrected chi connectivity index (χ4v) is 4.89. The highest BCUT2D eigenvalue weighted by Gasteiger charge is 2.46. The number of aliphatic hydroxyl groups excluding tert-OH is 1. The SMILES string of the molecule is CCCCCN1C(=O)C(=O)/C(=C(\O)c2cc(Cl)cc(Cl)c2OC)C1c1cccs1. The molecule has 1 aromatic heterocycles. The second kappa shape index (κ2) is 9.20. The van der Waals surface area contributed by atoms with Gasteiger partial charge in [-0.25, -0.2) is 0 Å². The first-order valence-corrected chi connectivity index (χ1v) is 10.9. The Labute approximate surface area is 183 Å². The molecule has 2 heterocycles. The number of halogens is 2. The van der Waals surface area contributed by atoms with E-state index in [2.05, 4.69) is 6.92 Å². The van der Waals surface area contributed by atoms with Crippen LogP contribution < -0.4 is 4.74 Å². The number of Topliss-reactive ketones (excluding diaryl/α,β-unsaturated/α-hetero) is 1. The molecule has 1 saturated heterocycles. The molecule has 0 spiro atoms. The van der Waals surface area contributed by atoms with Gasteiger partial charge in [-0.05, 0) is 30.0 Å². The van der Waals surface area contributed by atoms with Crippen LogP contribution in [0.4, 0.5) is 0 Å². The molecule has 1 atom stereocenters. The number of carbonyl (C=O) groups excluding carboxylic acids is 2. The maximum absolute atomic E-state index is 12.9. The van der Waals surface area contributed by atoms with Gasteiger partial charge in [-0.3, -0.25) is 9.59 Å². The van der Waals surface area contributed by atoms with Crippen LogP contribution in [-0.4, -0.2) is 35.4 Å². The van der Waals surface area contributed by atoms with Crippen molar-refractivity contribution in [2.75, 3.05) is 13.7 Å². The molecule has 29 heavy (non-hydrogen) atoms. The number of thiophene rings is 1. The lowest BCUT2D eigenvalue weighted by atomic mass is 9.99. The van der Waals surface area contributed by atoms with Gasteiger partial charge in [0.05, 0.1) is 29.3 Å². The Balaban J connectivity index is 2.17. The van der Waals surface area contributed by atoms with Crippen LogP contribution in [0.3, 0.4) is 0 Å². The van der Waals surface area contributed by atoms with Crippen molar-refractivity contribution in [3.05, 3.63) is 55.7 Å². The molecule has 1 amide bonds. The summed E-state index contributed by atoms with van der Waals surface area (Å²) in [4.78, 5) is 28.1. The first-order valence-electron chi connectivity index (χ1n) is 9.25. The highest BCUT2D eigenvalue weighted by Crippen LogP contribution is 2.44. The molecule has 1 aliphatic rings. The van der Waals surface area contributed by atoms with Crippen LogP contribution in [-0.2, 0) is 9.59 Å². The summed E-state index contributed by atoms with van der Waals surface area (Å²) in [5.41, 5.74) is 0.198. The van der Waals surface area contributed by atoms with Crippen molar-refractivity contribution >= 4 is 52.0 Å². The van der Waals surface area contributed by atoms with Gasteiger partial charge in [-0.15, -0.1) is 11.3 Å². The second-order valence-electron chi connectivity index (χ2n) is 6.68. The van der Waals surface area contributed by atoms with Crippen molar-refractivity contribution in [2.24, 2.45) is 0 Å². The molecule has 1 unspecified atom stereocenters. The number of ether oxygens (including phenoxy) is 1. The Morgan fingerprint density at radius 2 is 2.03 bits per heavy atom. The molecular weight excluding hydrogens is 433 g/mol. The number of carbonyl (C=O) groups is 2. The quantitative estimate of drug-likeness (QED) is 0.253. The summed E-state index contributed by atoms with van der Waals surface area (Å²) in [6, 6.07) is 6.00. The minimum absolute atomic E-state index is 0.0191. The summed E-state index contributed by atoms with van der Waals surface area (Å²) in [5, 5.41) is 13.5. The van der Waals surface area contributed by atoms with Gasteiger partial charge in [0.2, 0.25) is 0 Å². The van der Waals surface area contributed by atoms with E-state index in [0.29, 0.717) is 6.54 Å². The normalized spacial score (nSPS) is 18.5. The van der Waals surface area contributed by atoms with E-state index in [1.54, 1.807) is 0 Å². The van der Waals surface area contributed by atoms with Gasteiger partial charge in [0.15, 0.2) is 0 Å². The van der Waals surface area contributed by atoms with Gasteiger partial charge in [-0.1, -0.05) is 49.0 Å². The number of aliphatic hydroxyl groups is 1. The Bertz CT molecular complexity index is 956. The van der Waals surface area contributed by atoms with Gasteiger partial charge in [0.1, 0.15) is 11.5 Å². The first kappa shape index (κ1) is 21.7. The zero-order valence-electron chi connectivity index (χ0n) is 16.1. The maximum Gasteiger partial charge on any atom is 0.295 e. The lowest BCUT2D eigenvalue weighted by Gasteiger charge is -2.24. The minimum Gasteiger partial charge on any atom is -0.507 e. The van der Waals surface area contributed by atoms with Crippen molar-refractivity contribution in [2.45, 2.75) is 32.2 Å². The summed E-state index contributed by atoms with van der Waals surface area (Å²) in [7, 11) is 1.41. The summed E-state index contributed by atoms with van der Waals surface area (Å²) >= 11 is 13.7. The average Bonchev–Trinajstić information content (AvgIpc) is 3.29. The molecule has 8 heteroatoms. The van der Waals surface area contributed by atoms with E-state index in [9.17, 15) is 14.7 Å². The fourth-order valence-electron chi connectivity index (χ4n) is 3.47. The van der Waals surface area contributed by atoms with Crippen molar-refractivity contribution < 1.29 is 19.4 Å². The van der Waals surface area contributed by atoms with Crippen LogP contribution in [0.15, 0.2) is 35.2 Å². The third kappa shape index (κ3) is 4.15. The monoisotopic (exact) mass is 453 g/mol. The number of amides is 1. The number of hydrogen-bond acceptors (Lipinski definition) is 5. The van der Waals surface area contributed by atoms with Crippen LogP contribution >= 0.6 is 34.5 Å². The Morgan fingerprint density at radius 1 is 1.28 bits per heavy atom. The molecule has 1 aliphatic heterocycles. The predicted molar refractivity (Wildman–Crippen MR) is 116 cm³/mol. The van der Waals surface area contributed by atoms with Crippen molar-refractivity contribution in [3.63, 3.8) is 0 Å². The molecule has 5 nitrogen and oxygen atoms in total. The van der Waals surface area contributed by atoms with Gasteiger partial charge in [0, 0.05) is 16.4 Å². The predicted octanol–water partition coefficient (Wildman–Crippen LogP) is 5.68. The van der Waals surface area contributed by atoms with E-state index >= 15 is 0 Å². The number of methoxy groups -OCH3 is 1. The smallest absolute Gasteiger partial charge is 0.295 e. The number of likely N-dealkylation sites (tertiary alicyclic amines) is 1. The molecule has 1 fully saturated rings. The molecule has 1 N–H and O–H groups in total. The van der Waals surface area contributed by atoms with Crippen LogP contribution in [0, 0.1) is 0 Å². The van der Waals surface area contributed by atoms with E-state index in [1.807, 2.05) is 17.5 Å². The number of unbranched alkanes of at least 4 members (excludes halogenated alkanes) is 2. The molecular formula is C21H21Cl2NO4S. The lowest BCUT2D eigenvalue weighted by Crippen LogP contribution is -2.30. The molecule has 0 aliphatic carbocycles. The molecule has 3 rings (SSSR count). The third-order valence-corrected chi connectivity index (χ3v) is 6.25. The second-order valence-corrected chi connectivity index (χ2v) is 8.51. The molecule has 1 aromatic carbocycles. The molecule has 0 bridgehead atoms. The molecule has 0 saturated carbocycles. The number of nitrogens with zero attached hydrogens (tertiary/aromatic N) is 1. The van der Waals surface area contributed by atoms with Gasteiger partial charge in [-0.2, -0.15) is 0 Å². The summed E-state index contributed by atoms with van der Waals surface area (Å²) in [6.45, 7) is 2.51. The summed E-state index contributed by atoms with van der Waals surface area (Å²) < 4.78 is 5.31.